The number of likely N-dealkylation sites (tertiary alicyclic amines) is 1. The Balaban J connectivity index is 1.38. The van der Waals surface area contributed by atoms with E-state index in [0.717, 1.165) is 6.42 Å². The maximum absolute atomic E-state index is 12.8. The molecular formula is C20H22F2N4O3. The number of nitrogens with zero attached hydrogens (tertiary/aromatic N) is 3. The molecule has 2 fully saturated rings. The molecule has 4 rings (SSSR count). The van der Waals surface area contributed by atoms with Crippen molar-refractivity contribution in [3.63, 3.8) is 0 Å². The first-order chi connectivity index (χ1) is 14.0. The second-order valence-corrected chi connectivity index (χ2v) is 7.51. The van der Waals surface area contributed by atoms with Crippen molar-refractivity contribution in [1.29, 1.82) is 0 Å². The van der Waals surface area contributed by atoms with Crippen LogP contribution >= 0.6 is 0 Å². The van der Waals surface area contributed by atoms with Gasteiger partial charge in [0.15, 0.2) is 0 Å². The highest BCUT2D eigenvalue weighted by molar-refractivity contribution is 5.94. The molecule has 2 heterocycles. The molecule has 2 aliphatic rings. The number of carbonyl (C=O) groups excluding carboxylic acids is 1. The number of alkyl halides is 2. The number of hydrogen-bond acceptors (Lipinski definition) is 6. The zero-order chi connectivity index (χ0) is 20.4. The predicted octanol–water partition coefficient (Wildman–Crippen LogP) is 2.40. The molecule has 1 aromatic carbocycles. The van der Waals surface area contributed by atoms with Crippen molar-refractivity contribution in [3.8, 4) is 5.75 Å². The van der Waals surface area contributed by atoms with Gasteiger partial charge in [-0.25, -0.2) is 4.98 Å². The first kappa shape index (κ1) is 19.5. The smallest absolute Gasteiger partial charge is 0.387 e. The van der Waals surface area contributed by atoms with Crippen LogP contribution < -0.4 is 10.1 Å². The van der Waals surface area contributed by atoms with Crippen molar-refractivity contribution in [2.24, 2.45) is 11.8 Å². The first-order valence-corrected chi connectivity index (χ1v) is 9.54. The molecule has 0 bridgehead atoms. The van der Waals surface area contributed by atoms with Crippen LogP contribution in [0.1, 0.15) is 23.2 Å². The Morgan fingerprint density at radius 1 is 1.17 bits per heavy atom. The van der Waals surface area contributed by atoms with E-state index < -0.39 is 12.7 Å². The van der Waals surface area contributed by atoms with E-state index >= 15 is 0 Å². The van der Waals surface area contributed by atoms with Gasteiger partial charge in [-0.3, -0.25) is 9.78 Å². The van der Waals surface area contributed by atoms with Crippen LogP contribution in [0.4, 0.5) is 14.6 Å². The molecule has 154 valence electrons. The van der Waals surface area contributed by atoms with E-state index in [1.54, 1.807) is 23.5 Å². The second-order valence-electron chi connectivity index (χ2n) is 7.51. The maximum atomic E-state index is 12.8. The number of amides is 1. The minimum atomic E-state index is -2.90. The molecule has 1 aliphatic heterocycles. The SMILES string of the molecule is O=C(c1ccc(OC(F)F)cc1)N1C[C@H]2C[C@@H](Nc3cnccn3)[C@H](O)C[C@H]2C1. The van der Waals surface area contributed by atoms with Gasteiger partial charge in [0.25, 0.3) is 5.91 Å². The Morgan fingerprint density at radius 3 is 2.55 bits per heavy atom. The number of aliphatic hydroxyl groups is 1. The third-order valence-corrected chi connectivity index (χ3v) is 5.65. The largest absolute Gasteiger partial charge is 0.435 e. The number of anilines is 1. The first-order valence-electron chi connectivity index (χ1n) is 9.54. The monoisotopic (exact) mass is 404 g/mol. The van der Waals surface area contributed by atoms with Gasteiger partial charge in [0.1, 0.15) is 11.6 Å². The van der Waals surface area contributed by atoms with E-state index in [4.69, 9.17) is 0 Å². The number of carbonyl (C=O) groups is 1. The molecule has 2 N–H and O–H groups in total. The zero-order valence-corrected chi connectivity index (χ0v) is 15.6. The van der Waals surface area contributed by atoms with Gasteiger partial charge in [-0.1, -0.05) is 0 Å². The summed E-state index contributed by atoms with van der Waals surface area (Å²) in [7, 11) is 0. The van der Waals surface area contributed by atoms with Crippen molar-refractivity contribution in [2.45, 2.75) is 31.6 Å². The summed E-state index contributed by atoms with van der Waals surface area (Å²) in [5, 5.41) is 13.8. The van der Waals surface area contributed by atoms with Gasteiger partial charge < -0.3 is 20.1 Å². The number of ether oxygens (including phenoxy) is 1. The van der Waals surface area contributed by atoms with Crippen LogP contribution in [0.15, 0.2) is 42.9 Å². The highest BCUT2D eigenvalue weighted by Crippen LogP contribution is 2.38. The Hall–Kier alpha value is -2.81. The van der Waals surface area contributed by atoms with Gasteiger partial charge in [0.2, 0.25) is 0 Å². The van der Waals surface area contributed by atoms with Crippen LogP contribution in [0.2, 0.25) is 0 Å². The topological polar surface area (TPSA) is 87.6 Å². The summed E-state index contributed by atoms with van der Waals surface area (Å²) in [5.41, 5.74) is 0.431. The normalized spacial score (nSPS) is 26.3. The summed E-state index contributed by atoms with van der Waals surface area (Å²) >= 11 is 0. The lowest BCUT2D eigenvalue weighted by Crippen LogP contribution is -2.43. The van der Waals surface area contributed by atoms with Gasteiger partial charge in [-0.05, 0) is 48.9 Å². The molecule has 0 unspecified atom stereocenters. The van der Waals surface area contributed by atoms with Gasteiger partial charge in [0, 0.05) is 31.0 Å². The van der Waals surface area contributed by atoms with E-state index in [0.29, 0.717) is 30.9 Å². The third kappa shape index (κ3) is 4.45. The fourth-order valence-corrected chi connectivity index (χ4v) is 4.28. The Morgan fingerprint density at radius 2 is 1.90 bits per heavy atom. The van der Waals surface area contributed by atoms with Crippen LogP contribution in [0.25, 0.3) is 0 Å². The summed E-state index contributed by atoms with van der Waals surface area (Å²) < 4.78 is 28.9. The number of halogens is 2. The molecule has 0 radical (unpaired) electrons. The summed E-state index contributed by atoms with van der Waals surface area (Å²) in [6.07, 6.45) is 5.60. The minimum Gasteiger partial charge on any atom is -0.435 e. The fourth-order valence-electron chi connectivity index (χ4n) is 4.28. The Bertz CT molecular complexity index is 837. The lowest BCUT2D eigenvalue weighted by Gasteiger charge is -2.35. The number of fused-ring (bicyclic) bond motifs is 1. The summed E-state index contributed by atoms with van der Waals surface area (Å²) in [4.78, 5) is 22.8. The highest BCUT2D eigenvalue weighted by atomic mass is 19.3. The van der Waals surface area contributed by atoms with Crippen LogP contribution in [-0.4, -0.2) is 57.7 Å². The summed E-state index contributed by atoms with van der Waals surface area (Å²) in [5.74, 6) is 1.00. The van der Waals surface area contributed by atoms with Crippen LogP contribution in [0.3, 0.4) is 0 Å². The molecule has 9 heteroatoms. The minimum absolute atomic E-state index is 0.0210. The average Bonchev–Trinajstić information content (AvgIpc) is 3.11. The maximum Gasteiger partial charge on any atom is 0.387 e. The van der Waals surface area contributed by atoms with E-state index in [1.807, 2.05) is 0 Å². The molecule has 7 nitrogen and oxygen atoms in total. The molecule has 1 amide bonds. The quantitative estimate of drug-likeness (QED) is 0.796. The molecule has 1 saturated heterocycles. The van der Waals surface area contributed by atoms with Crippen LogP contribution in [-0.2, 0) is 0 Å². The number of benzene rings is 1. The molecular weight excluding hydrogens is 382 g/mol. The van der Waals surface area contributed by atoms with Gasteiger partial charge >= 0.3 is 6.61 Å². The van der Waals surface area contributed by atoms with E-state index in [9.17, 15) is 18.7 Å². The standard InChI is InChI=1S/C20H22F2N4O3/c21-20(22)29-15-3-1-12(2-4-15)19(28)26-10-13-7-16(17(27)8-14(13)11-26)25-18-9-23-5-6-24-18/h1-6,9,13-14,16-17,20,27H,7-8,10-11H2,(H,24,25)/t13-,14+,16-,17-/m1/s1. The van der Waals surface area contributed by atoms with Gasteiger partial charge in [-0.15, -0.1) is 0 Å². The molecule has 1 aromatic heterocycles. The van der Waals surface area contributed by atoms with Crippen molar-refractivity contribution in [3.05, 3.63) is 48.4 Å². The molecule has 4 atom stereocenters. The van der Waals surface area contributed by atoms with E-state index in [-0.39, 0.29) is 29.5 Å². The van der Waals surface area contributed by atoms with Crippen LogP contribution in [0, 0.1) is 11.8 Å². The predicted molar refractivity (Wildman–Crippen MR) is 101 cm³/mol. The van der Waals surface area contributed by atoms with Crippen molar-refractivity contribution < 1.29 is 23.4 Å². The van der Waals surface area contributed by atoms with Gasteiger partial charge in [0.05, 0.1) is 18.3 Å². The third-order valence-electron chi connectivity index (χ3n) is 5.65. The molecule has 1 aliphatic carbocycles. The van der Waals surface area contributed by atoms with Crippen molar-refractivity contribution >= 4 is 11.7 Å². The molecule has 2 aromatic rings. The van der Waals surface area contributed by atoms with E-state index in [1.165, 1.54) is 24.3 Å². The lowest BCUT2D eigenvalue weighted by molar-refractivity contribution is -0.0498. The summed E-state index contributed by atoms with van der Waals surface area (Å²) in [6.45, 7) is -1.72. The van der Waals surface area contributed by atoms with Gasteiger partial charge in [-0.2, -0.15) is 8.78 Å². The second kappa shape index (κ2) is 8.28. The van der Waals surface area contributed by atoms with Crippen molar-refractivity contribution in [1.82, 2.24) is 14.9 Å². The Labute approximate surface area is 166 Å². The number of rotatable bonds is 5. The number of hydrogen-bond donors (Lipinski definition) is 2. The zero-order valence-electron chi connectivity index (χ0n) is 15.6. The summed E-state index contributed by atoms with van der Waals surface area (Å²) in [6, 6.07) is 5.58. The number of aromatic nitrogens is 2. The lowest BCUT2D eigenvalue weighted by atomic mass is 9.77. The highest BCUT2D eigenvalue weighted by Gasteiger charge is 2.43. The van der Waals surface area contributed by atoms with Crippen molar-refractivity contribution in [2.75, 3.05) is 18.4 Å². The van der Waals surface area contributed by atoms with E-state index in [2.05, 4.69) is 20.0 Å². The van der Waals surface area contributed by atoms with Crippen LogP contribution in [0.5, 0.6) is 5.75 Å². The molecule has 1 saturated carbocycles. The number of nitrogens with one attached hydrogen (secondary N) is 1. The number of aliphatic hydroxyl groups excluding tert-OH is 1. The average molecular weight is 404 g/mol. The Kier molecular flexibility index (Phi) is 5.57. The fraction of sp³-hybridized carbons (Fsp3) is 0.450. The molecule has 29 heavy (non-hydrogen) atoms. The molecule has 0 spiro atoms.